The number of aromatic nitrogens is 2. The second-order valence-corrected chi connectivity index (χ2v) is 4.73. The summed E-state index contributed by atoms with van der Waals surface area (Å²) in [6.07, 6.45) is -2.96. The summed E-state index contributed by atoms with van der Waals surface area (Å²) in [5.41, 5.74) is -0.419. The Labute approximate surface area is 122 Å². The van der Waals surface area contributed by atoms with Gasteiger partial charge in [-0.15, -0.1) is 0 Å². The summed E-state index contributed by atoms with van der Waals surface area (Å²) in [7, 11) is 0. The number of halogens is 3. The number of benzene rings is 1. The number of nitrogens with zero attached hydrogens (tertiary/aromatic N) is 3. The Kier molecular flexibility index (Phi) is 4.45. The van der Waals surface area contributed by atoms with E-state index in [0.717, 1.165) is 18.3 Å². The third-order valence-electron chi connectivity index (χ3n) is 2.98. The summed E-state index contributed by atoms with van der Waals surface area (Å²) < 4.78 is 38.5. The first-order chi connectivity index (χ1) is 10.3. The van der Waals surface area contributed by atoms with Crippen LogP contribution in [0.25, 0.3) is 0 Å². The lowest BCUT2D eigenvalue weighted by Gasteiger charge is -2.12. The molecule has 0 fully saturated rings. The number of aliphatic hydroxyl groups excluding tert-OH is 1. The van der Waals surface area contributed by atoms with Gasteiger partial charge in [0.05, 0.1) is 23.1 Å². The third-order valence-corrected chi connectivity index (χ3v) is 2.98. The molecule has 0 amide bonds. The molecule has 1 N–H and O–H groups in total. The van der Waals surface area contributed by atoms with E-state index in [1.165, 1.54) is 23.0 Å². The van der Waals surface area contributed by atoms with Gasteiger partial charge in [0, 0.05) is 6.42 Å². The average Bonchev–Trinajstić information content (AvgIpc) is 2.86. The zero-order valence-corrected chi connectivity index (χ0v) is 11.2. The molecule has 0 aliphatic heterocycles. The van der Waals surface area contributed by atoms with Crippen molar-refractivity contribution in [1.29, 1.82) is 0 Å². The van der Waals surface area contributed by atoms with E-state index in [0.29, 0.717) is 5.56 Å². The predicted molar refractivity (Wildman–Crippen MR) is 70.0 cm³/mol. The standard InChI is InChI=1S/C13H12F3N3O3/c14-13(15,16)10-3-1-9(2-4-10)5-12(20)8-18-7-11(6-17-18)19(21)22/h1-4,6-7,12,20H,5,8H2/t12-/m1/s1. The molecule has 0 saturated carbocycles. The van der Waals surface area contributed by atoms with Gasteiger partial charge in [-0.3, -0.25) is 14.8 Å². The van der Waals surface area contributed by atoms with Crippen LogP contribution in [0.4, 0.5) is 18.9 Å². The van der Waals surface area contributed by atoms with Gasteiger partial charge >= 0.3 is 11.9 Å². The highest BCUT2D eigenvalue weighted by Crippen LogP contribution is 2.29. The zero-order valence-electron chi connectivity index (χ0n) is 11.2. The van der Waals surface area contributed by atoms with E-state index in [1.807, 2.05) is 0 Å². The smallest absolute Gasteiger partial charge is 0.391 e. The van der Waals surface area contributed by atoms with E-state index in [4.69, 9.17) is 0 Å². The lowest BCUT2D eigenvalue weighted by Crippen LogP contribution is -2.19. The second kappa shape index (κ2) is 6.14. The van der Waals surface area contributed by atoms with Crippen molar-refractivity contribution in [3.63, 3.8) is 0 Å². The summed E-state index contributed by atoms with van der Waals surface area (Å²) in [5.74, 6) is 0. The van der Waals surface area contributed by atoms with Gasteiger partial charge in [-0.05, 0) is 17.7 Å². The second-order valence-electron chi connectivity index (χ2n) is 4.73. The molecule has 1 aromatic heterocycles. The number of nitro groups is 1. The summed E-state index contributed by atoms with van der Waals surface area (Å²) in [6.45, 7) is 0.00879. The van der Waals surface area contributed by atoms with E-state index < -0.39 is 22.8 Å². The number of aliphatic hydroxyl groups is 1. The van der Waals surface area contributed by atoms with Gasteiger partial charge in [-0.25, -0.2) is 0 Å². The first kappa shape index (κ1) is 16.0. The number of hydrogen-bond acceptors (Lipinski definition) is 4. The van der Waals surface area contributed by atoms with Crippen molar-refractivity contribution in [3.8, 4) is 0 Å². The molecule has 0 bridgehead atoms. The molecule has 1 atom stereocenters. The molecule has 0 unspecified atom stereocenters. The van der Waals surface area contributed by atoms with E-state index >= 15 is 0 Å². The largest absolute Gasteiger partial charge is 0.416 e. The van der Waals surface area contributed by atoms with Gasteiger partial charge in [0.1, 0.15) is 12.4 Å². The van der Waals surface area contributed by atoms with Crippen LogP contribution in [0, 0.1) is 10.1 Å². The van der Waals surface area contributed by atoms with E-state index in [9.17, 15) is 28.4 Å². The maximum absolute atomic E-state index is 12.4. The summed E-state index contributed by atoms with van der Waals surface area (Å²) >= 11 is 0. The topological polar surface area (TPSA) is 81.2 Å². The Balaban J connectivity index is 1.96. The minimum atomic E-state index is -4.40. The van der Waals surface area contributed by atoms with Crippen molar-refractivity contribution in [2.45, 2.75) is 25.2 Å². The molecule has 2 rings (SSSR count). The van der Waals surface area contributed by atoms with Gasteiger partial charge in [0.2, 0.25) is 0 Å². The quantitative estimate of drug-likeness (QED) is 0.678. The number of rotatable bonds is 5. The number of hydrogen-bond donors (Lipinski definition) is 1. The van der Waals surface area contributed by atoms with Gasteiger partial charge in [0.15, 0.2) is 0 Å². The van der Waals surface area contributed by atoms with E-state index in [1.54, 1.807) is 0 Å². The fourth-order valence-corrected chi connectivity index (χ4v) is 1.93. The van der Waals surface area contributed by atoms with Crippen molar-refractivity contribution in [1.82, 2.24) is 9.78 Å². The number of alkyl halides is 3. The van der Waals surface area contributed by atoms with Crippen LogP contribution < -0.4 is 0 Å². The molecule has 0 aliphatic carbocycles. The SMILES string of the molecule is O=[N+]([O-])c1cnn(C[C@H](O)Cc2ccc(C(F)(F)F)cc2)c1. The Morgan fingerprint density at radius 2 is 1.95 bits per heavy atom. The molecule has 2 aromatic rings. The molecule has 1 heterocycles. The van der Waals surface area contributed by atoms with Crippen LogP contribution in [-0.4, -0.2) is 25.9 Å². The fourth-order valence-electron chi connectivity index (χ4n) is 1.93. The molecule has 0 aliphatic rings. The molecule has 118 valence electrons. The van der Waals surface area contributed by atoms with Gasteiger partial charge in [0.25, 0.3) is 0 Å². The summed E-state index contributed by atoms with van der Waals surface area (Å²) in [5, 5.41) is 24.1. The maximum atomic E-state index is 12.4. The van der Waals surface area contributed by atoms with Gasteiger partial charge in [-0.2, -0.15) is 18.3 Å². The first-order valence-corrected chi connectivity index (χ1v) is 6.27. The van der Waals surface area contributed by atoms with E-state index in [-0.39, 0.29) is 18.7 Å². The van der Waals surface area contributed by atoms with Crippen molar-refractivity contribution < 1.29 is 23.2 Å². The fraction of sp³-hybridized carbons (Fsp3) is 0.308. The normalized spacial score (nSPS) is 13.1. The lowest BCUT2D eigenvalue weighted by molar-refractivity contribution is -0.385. The Morgan fingerprint density at radius 1 is 1.32 bits per heavy atom. The first-order valence-electron chi connectivity index (χ1n) is 6.27. The molecule has 1 aromatic carbocycles. The van der Waals surface area contributed by atoms with Crippen molar-refractivity contribution >= 4 is 5.69 Å². The van der Waals surface area contributed by atoms with Crippen molar-refractivity contribution in [2.24, 2.45) is 0 Å². The molecule has 9 heteroatoms. The monoisotopic (exact) mass is 315 g/mol. The minimum Gasteiger partial charge on any atom is -0.391 e. The Hall–Kier alpha value is -2.42. The molecule has 22 heavy (non-hydrogen) atoms. The Bertz CT molecular complexity index is 653. The van der Waals surface area contributed by atoms with Crippen LogP contribution in [0.3, 0.4) is 0 Å². The zero-order chi connectivity index (χ0) is 16.3. The van der Waals surface area contributed by atoms with Crippen LogP contribution >= 0.6 is 0 Å². The van der Waals surface area contributed by atoms with Crippen molar-refractivity contribution in [3.05, 3.63) is 57.9 Å². The summed E-state index contributed by atoms with van der Waals surface area (Å²) in [6, 6.07) is 4.47. The molecule has 0 saturated heterocycles. The highest BCUT2D eigenvalue weighted by molar-refractivity contribution is 5.25. The minimum absolute atomic E-state index is 0.00879. The Morgan fingerprint density at radius 3 is 2.45 bits per heavy atom. The van der Waals surface area contributed by atoms with Crippen LogP contribution in [-0.2, 0) is 19.1 Å². The van der Waals surface area contributed by atoms with Crippen LogP contribution in [0.15, 0.2) is 36.7 Å². The average molecular weight is 315 g/mol. The van der Waals surface area contributed by atoms with Crippen LogP contribution in [0.5, 0.6) is 0 Å². The highest BCUT2D eigenvalue weighted by Gasteiger charge is 2.29. The molecule has 0 spiro atoms. The summed E-state index contributed by atoms with van der Waals surface area (Å²) in [4.78, 5) is 9.90. The van der Waals surface area contributed by atoms with Crippen LogP contribution in [0.2, 0.25) is 0 Å². The van der Waals surface area contributed by atoms with Gasteiger partial charge in [-0.1, -0.05) is 12.1 Å². The van der Waals surface area contributed by atoms with Crippen LogP contribution in [0.1, 0.15) is 11.1 Å². The predicted octanol–water partition coefficient (Wildman–Crippen LogP) is 2.41. The molecule has 6 nitrogen and oxygen atoms in total. The maximum Gasteiger partial charge on any atom is 0.416 e. The van der Waals surface area contributed by atoms with E-state index in [2.05, 4.69) is 5.10 Å². The highest BCUT2D eigenvalue weighted by atomic mass is 19.4. The molecule has 0 radical (unpaired) electrons. The van der Waals surface area contributed by atoms with Crippen molar-refractivity contribution in [2.75, 3.05) is 0 Å². The molecular weight excluding hydrogens is 303 g/mol. The third kappa shape index (κ3) is 4.04. The molecular formula is C13H12F3N3O3. The van der Waals surface area contributed by atoms with Gasteiger partial charge < -0.3 is 5.11 Å². The lowest BCUT2D eigenvalue weighted by atomic mass is 10.1.